The van der Waals surface area contributed by atoms with Gasteiger partial charge in [0.1, 0.15) is 0 Å². The molecule has 0 heteroatoms. The first-order valence-corrected chi connectivity index (χ1v) is 38.4. The van der Waals surface area contributed by atoms with E-state index in [-0.39, 0.29) is 0 Å². The predicted molar refractivity (Wildman–Crippen MR) is 390 cm³/mol. The topological polar surface area (TPSA) is 0 Å². The van der Waals surface area contributed by atoms with Crippen LogP contribution in [0.2, 0.25) is 0 Å². The van der Waals surface area contributed by atoms with E-state index in [0.717, 1.165) is 94.7 Å². The standard InChI is InChI=1S/C10H20.3C8H16.C7H14.3C6H12.4C6H14/c1-8-9(2,3)6-7-10(8,4)5;1-6-4-7(2)8(3)5-6;1-7-5-4-6-8(7,2)3;1-6-4-5-7(2)8(6)3;1-6-4-3-5-7(6)2;1-6-4-2-3-5-6;1-2-6-4-3-5-6;1-2-3-6-4-5-6;1-5-6(2,3)4;2*1-4-5-6(2)3;1-4-6(3)5-2/h8H,6-7H2,1-5H3;6-8H,4-5H2,1-3H3;7H,4-6H2,1-3H3;6-8H,4-5H2,1-3H3;6-7H,3-5H2,1-2H3;3*6H,2-5H2,1H3;5H2,1-4H3;3*6H,4-5H2,1-3H3/t;;7-;;6-,7?;;;;;;;/m..1.1......./s1. The van der Waals surface area contributed by atoms with Gasteiger partial charge in [-0.1, -0.05) is 389 Å². The molecule has 8 fully saturated rings. The summed E-state index contributed by atoms with van der Waals surface area (Å²) in [6.07, 6.45) is 44.6. The molecule has 8 aliphatic carbocycles. The molecule has 0 saturated heterocycles. The van der Waals surface area contributed by atoms with Crippen LogP contribution < -0.4 is 0 Å². The summed E-state index contributed by atoms with van der Waals surface area (Å²) in [5, 5.41) is 0. The first-order chi connectivity index (χ1) is 38.4. The van der Waals surface area contributed by atoms with E-state index in [1.54, 1.807) is 0 Å². The Hall–Kier alpha value is 0. The molecule has 0 amide bonds. The fraction of sp³-hybridized carbons (Fsp3) is 1.00. The SMILES string of the molecule is CC1C(C)(C)CCC1(C)C.CC1CC(C)C(C)C1.CC1CCC(C)C1C.CC1CCCC1.CC1CCC[C@H]1C.CCC(C)(C)C.CCC(C)CC.CCC1CCC1.CCCC(C)C.CCCC(C)C.CCCC1CC1.C[C@@H]1CCCC1(C)C. The minimum atomic E-state index is 0.542. The first kappa shape index (κ1) is 89.4. The molecule has 5 unspecified atom stereocenters. The largest absolute Gasteiger partial charge is 0.0654 e. The lowest BCUT2D eigenvalue weighted by Gasteiger charge is -2.31. The summed E-state index contributed by atoms with van der Waals surface area (Å²) in [5.74, 6) is 15.8. The Morgan fingerprint density at radius 2 is 0.783 bits per heavy atom. The zero-order valence-electron chi connectivity index (χ0n) is 65.2. The second-order valence-corrected chi connectivity index (χ2v) is 34.8. The summed E-state index contributed by atoms with van der Waals surface area (Å²) in [4.78, 5) is 0. The molecule has 8 saturated carbocycles. The summed E-state index contributed by atoms with van der Waals surface area (Å²) in [5.41, 5.74) is 2.37. The molecule has 8 aliphatic rings. The van der Waals surface area contributed by atoms with Crippen molar-refractivity contribution < 1.29 is 0 Å². The second kappa shape index (κ2) is 50.7. The van der Waals surface area contributed by atoms with Crippen molar-refractivity contribution in [2.45, 2.75) is 421 Å². The average Bonchev–Trinajstić information content (AvgIpc) is 3.68. The predicted octanol–water partition coefficient (Wildman–Crippen LogP) is 30.5. The van der Waals surface area contributed by atoms with Crippen LogP contribution in [0.1, 0.15) is 421 Å². The lowest BCUT2D eigenvalue weighted by molar-refractivity contribution is 0.179. The Morgan fingerprint density at radius 1 is 0.386 bits per heavy atom. The third kappa shape index (κ3) is 51.4. The van der Waals surface area contributed by atoms with Crippen molar-refractivity contribution in [1.82, 2.24) is 0 Å². The van der Waals surface area contributed by atoms with Crippen LogP contribution in [0.15, 0.2) is 0 Å². The zero-order valence-corrected chi connectivity index (χ0v) is 65.2. The Bertz CT molecular complexity index is 1270. The van der Waals surface area contributed by atoms with Gasteiger partial charge in [0.25, 0.3) is 0 Å². The minimum absolute atomic E-state index is 0.542. The highest BCUT2D eigenvalue weighted by molar-refractivity contribution is 4.93. The first-order valence-electron chi connectivity index (χ1n) is 38.4. The summed E-state index contributed by atoms with van der Waals surface area (Å²) in [6.45, 7) is 74.1. The molecule has 0 radical (unpaired) electrons. The average molecular weight is 1170 g/mol. The number of hydrogen-bond donors (Lipinski definition) is 0. The van der Waals surface area contributed by atoms with Crippen LogP contribution in [0.4, 0.5) is 0 Å². The van der Waals surface area contributed by atoms with E-state index in [0.29, 0.717) is 21.7 Å². The molecular weight excluding hydrogens is 997 g/mol. The Kier molecular flexibility index (Phi) is 54.6. The maximum Gasteiger partial charge on any atom is -0.0323 e. The molecule has 0 N–H and O–H groups in total. The van der Waals surface area contributed by atoms with Gasteiger partial charge in [0.2, 0.25) is 0 Å². The second-order valence-electron chi connectivity index (χ2n) is 34.8. The van der Waals surface area contributed by atoms with Crippen molar-refractivity contribution >= 4 is 0 Å². The molecule has 506 valence electrons. The van der Waals surface area contributed by atoms with Crippen molar-refractivity contribution in [3.05, 3.63) is 0 Å². The molecule has 0 aliphatic heterocycles. The van der Waals surface area contributed by atoms with Gasteiger partial charge in [-0.2, -0.15) is 0 Å². The van der Waals surface area contributed by atoms with Gasteiger partial charge < -0.3 is 0 Å². The van der Waals surface area contributed by atoms with E-state index in [1.165, 1.54) is 199 Å². The van der Waals surface area contributed by atoms with Gasteiger partial charge in [0.05, 0.1) is 0 Å². The van der Waals surface area contributed by atoms with Gasteiger partial charge in [-0.25, -0.2) is 0 Å². The monoisotopic (exact) mass is 1170 g/mol. The summed E-state index contributed by atoms with van der Waals surface area (Å²) < 4.78 is 0. The molecule has 0 spiro atoms. The molecule has 8 rings (SSSR count). The van der Waals surface area contributed by atoms with Crippen molar-refractivity contribution in [2.75, 3.05) is 0 Å². The maximum absolute atomic E-state index is 2.40. The molecule has 0 aromatic heterocycles. The molecule has 7 atom stereocenters. The lowest BCUT2D eigenvalue weighted by atomic mass is 9.74. The van der Waals surface area contributed by atoms with Crippen LogP contribution in [0.5, 0.6) is 0 Å². The Labute approximate surface area is 534 Å². The van der Waals surface area contributed by atoms with Gasteiger partial charge in [-0.15, -0.1) is 0 Å². The van der Waals surface area contributed by atoms with Crippen LogP contribution in [-0.2, 0) is 0 Å². The normalized spacial score (nSPS) is 28.0. The van der Waals surface area contributed by atoms with Crippen LogP contribution in [0.3, 0.4) is 0 Å². The maximum atomic E-state index is 2.40. The smallest absolute Gasteiger partial charge is 0.0323 e. The molecule has 0 nitrogen and oxygen atoms in total. The summed E-state index contributed by atoms with van der Waals surface area (Å²) >= 11 is 0. The fourth-order valence-electron chi connectivity index (χ4n) is 12.7. The van der Waals surface area contributed by atoms with E-state index in [4.69, 9.17) is 0 Å². The zero-order chi connectivity index (χ0) is 65.2. The van der Waals surface area contributed by atoms with Crippen molar-refractivity contribution in [3.8, 4) is 0 Å². The van der Waals surface area contributed by atoms with E-state index in [9.17, 15) is 0 Å². The molecule has 83 heavy (non-hydrogen) atoms. The van der Waals surface area contributed by atoms with Crippen LogP contribution in [-0.4, -0.2) is 0 Å². The van der Waals surface area contributed by atoms with Gasteiger partial charge >= 0.3 is 0 Å². The minimum Gasteiger partial charge on any atom is -0.0654 e. The van der Waals surface area contributed by atoms with Crippen LogP contribution in [0, 0.1) is 116 Å². The number of hydrogen-bond acceptors (Lipinski definition) is 0. The molecule has 0 aromatic rings. The van der Waals surface area contributed by atoms with Gasteiger partial charge in [-0.05, 0) is 148 Å². The number of rotatable bonds is 9. The van der Waals surface area contributed by atoms with Gasteiger partial charge in [0, 0.05) is 0 Å². The van der Waals surface area contributed by atoms with E-state index in [2.05, 4.69) is 222 Å². The third-order valence-electron chi connectivity index (χ3n) is 23.3. The highest BCUT2D eigenvalue weighted by atomic mass is 14.5. The highest BCUT2D eigenvalue weighted by Gasteiger charge is 2.43. The van der Waals surface area contributed by atoms with Crippen molar-refractivity contribution in [3.63, 3.8) is 0 Å². The summed E-state index contributed by atoms with van der Waals surface area (Å²) in [7, 11) is 0. The fourth-order valence-corrected chi connectivity index (χ4v) is 12.7. The van der Waals surface area contributed by atoms with E-state index >= 15 is 0 Å². The highest BCUT2D eigenvalue weighted by Crippen LogP contribution is 2.53. The summed E-state index contributed by atoms with van der Waals surface area (Å²) in [6, 6.07) is 0. The quantitative estimate of drug-likeness (QED) is 0.216. The van der Waals surface area contributed by atoms with Crippen LogP contribution in [0.25, 0.3) is 0 Å². The Morgan fingerprint density at radius 3 is 0.867 bits per heavy atom. The van der Waals surface area contributed by atoms with Crippen molar-refractivity contribution in [2.24, 2.45) is 116 Å². The van der Waals surface area contributed by atoms with Crippen LogP contribution >= 0.6 is 0 Å². The van der Waals surface area contributed by atoms with Gasteiger partial charge in [0.15, 0.2) is 0 Å². The van der Waals surface area contributed by atoms with E-state index in [1.807, 2.05) is 0 Å². The third-order valence-corrected chi connectivity index (χ3v) is 23.3. The molecular formula is C83H174. The van der Waals surface area contributed by atoms with E-state index < -0.39 is 0 Å². The van der Waals surface area contributed by atoms with Crippen molar-refractivity contribution in [1.29, 1.82) is 0 Å². The molecule has 0 bridgehead atoms. The van der Waals surface area contributed by atoms with Gasteiger partial charge in [-0.3, -0.25) is 0 Å². The molecule has 0 aromatic carbocycles. The Balaban J connectivity index is -0.000000412. The molecule has 0 heterocycles. The lowest BCUT2D eigenvalue weighted by Crippen LogP contribution is -2.24.